The molecule has 0 spiro atoms. The van der Waals surface area contributed by atoms with Crippen molar-refractivity contribution in [2.24, 2.45) is 0 Å². The Bertz CT molecular complexity index is 198. The Morgan fingerprint density at radius 2 is 2.08 bits per heavy atom. The minimum atomic E-state index is -1.19. The Labute approximate surface area is 71.3 Å². The van der Waals surface area contributed by atoms with Gasteiger partial charge in [0.25, 0.3) is 0 Å². The molecule has 0 aliphatic heterocycles. The Balaban J connectivity index is 3.69. The zero-order chi connectivity index (χ0) is 9.56. The maximum Gasteiger partial charge on any atom is 0.351 e. The zero-order valence-electron chi connectivity index (χ0n) is 7.09. The van der Waals surface area contributed by atoms with Crippen LogP contribution in [0.15, 0.2) is 12.3 Å². The van der Waals surface area contributed by atoms with E-state index in [-0.39, 0.29) is 11.6 Å². The lowest BCUT2D eigenvalue weighted by Crippen LogP contribution is -2.26. The fourth-order valence-corrected chi connectivity index (χ4v) is 0.622. The van der Waals surface area contributed by atoms with Crippen LogP contribution in [0.1, 0.15) is 26.2 Å². The van der Waals surface area contributed by atoms with E-state index in [1.54, 1.807) is 0 Å². The largest absolute Gasteiger partial charge is 0.477 e. The van der Waals surface area contributed by atoms with Gasteiger partial charge in [0.05, 0.1) is 0 Å². The second kappa shape index (κ2) is 5.35. The highest BCUT2D eigenvalue weighted by Gasteiger charge is 2.07. The van der Waals surface area contributed by atoms with Gasteiger partial charge >= 0.3 is 5.97 Å². The van der Waals surface area contributed by atoms with Crippen molar-refractivity contribution >= 4 is 11.9 Å². The molecule has 0 fully saturated rings. The molecule has 0 rings (SSSR count). The molecule has 0 heterocycles. The van der Waals surface area contributed by atoms with E-state index in [0.717, 1.165) is 12.8 Å². The van der Waals surface area contributed by atoms with E-state index in [4.69, 9.17) is 5.11 Å². The van der Waals surface area contributed by atoms with Crippen LogP contribution in [0, 0.1) is 0 Å². The summed E-state index contributed by atoms with van der Waals surface area (Å²) < 4.78 is 0. The summed E-state index contributed by atoms with van der Waals surface area (Å²) in [5, 5.41) is 10.5. The van der Waals surface area contributed by atoms with Crippen LogP contribution in [-0.4, -0.2) is 17.0 Å². The minimum absolute atomic E-state index is 0.267. The van der Waals surface area contributed by atoms with Gasteiger partial charge in [-0.1, -0.05) is 19.9 Å². The average Bonchev–Trinajstić information content (AvgIpc) is 2.00. The summed E-state index contributed by atoms with van der Waals surface area (Å²) in [5.74, 6) is -1.48. The molecular weight excluding hydrogens is 158 g/mol. The van der Waals surface area contributed by atoms with Crippen molar-refractivity contribution in [2.45, 2.75) is 26.2 Å². The molecule has 0 unspecified atom stereocenters. The average molecular weight is 171 g/mol. The molecule has 0 radical (unpaired) electrons. The number of carbonyl (C=O) groups is 2. The van der Waals surface area contributed by atoms with Gasteiger partial charge in [0.2, 0.25) is 5.91 Å². The highest BCUT2D eigenvalue weighted by molar-refractivity contribution is 5.91. The van der Waals surface area contributed by atoms with E-state index in [1.807, 2.05) is 6.92 Å². The summed E-state index contributed by atoms with van der Waals surface area (Å²) in [7, 11) is 0. The predicted octanol–water partition coefficient (Wildman–Crippen LogP) is 0.891. The lowest BCUT2D eigenvalue weighted by atomic mass is 10.2. The summed E-state index contributed by atoms with van der Waals surface area (Å²) in [6.45, 7) is 5.13. The van der Waals surface area contributed by atoms with Gasteiger partial charge in [-0.2, -0.15) is 0 Å². The van der Waals surface area contributed by atoms with Crippen LogP contribution in [0.25, 0.3) is 0 Å². The molecule has 0 atom stereocenters. The molecule has 2 N–H and O–H groups in total. The van der Waals surface area contributed by atoms with E-state index < -0.39 is 5.97 Å². The van der Waals surface area contributed by atoms with Crippen molar-refractivity contribution in [3.05, 3.63) is 12.3 Å². The number of carboxylic acid groups (broad SMARTS) is 1. The van der Waals surface area contributed by atoms with Crippen LogP contribution in [0.2, 0.25) is 0 Å². The van der Waals surface area contributed by atoms with Crippen molar-refractivity contribution in [3.8, 4) is 0 Å². The number of nitrogens with one attached hydrogen (secondary N) is 1. The number of unbranched alkanes of at least 4 members (excludes halogenated alkanes) is 1. The molecule has 0 saturated heterocycles. The lowest BCUT2D eigenvalue weighted by Gasteiger charge is -2.02. The SMILES string of the molecule is C=C(NC(=O)CCCC)C(=O)O. The van der Waals surface area contributed by atoms with Crippen LogP contribution in [-0.2, 0) is 9.59 Å². The molecule has 4 heteroatoms. The van der Waals surface area contributed by atoms with Crippen molar-refractivity contribution in [2.75, 3.05) is 0 Å². The lowest BCUT2D eigenvalue weighted by molar-refractivity contribution is -0.134. The number of carboxylic acids is 1. The second-order valence-electron chi connectivity index (χ2n) is 2.44. The molecule has 0 aromatic heterocycles. The van der Waals surface area contributed by atoms with E-state index >= 15 is 0 Å². The molecule has 12 heavy (non-hydrogen) atoms. The zero-order valence-corrected chi connectivity index (χ0v) is 7.09. The summed E-state index contributed by atoms with van der Waals surface area (Å²) in [4.78, 5) is 21.1. The first-order valence-corrected chi connectivity index (χ1v) is 3.80. The van der Waals surface area contributed by atoms with Crippen molar-refractivity contribution < 1.29 is 14.7 Å². The van der Waals surface area contributed by atoms with Crippen LogP contribution >= 0.6 is 0 Å². The number of aliphatic carboxylic acids is 1. The fraction of sp³-hybridized carbons (Fsp3) is 0.500. The van der Waals surface area contributed by atoms with Crippen LogP contribution in [0.4, 0.5) is 0 Å². The quantitative estimate of drug-likeness (QED) is 0.604. The number of rotatable bonds is 5. The molecule has 0 aliphatic carbocycles. The Morgan fingerprint density at radius 1 is 1.50 bits per heavy atom. The van der Waals surface area contributed by atoms with Crippen LogP contribution in [0.5, 0.6) is 0 Å². The third-order valence-corrected chi connectivity index (χ3v) is 1.31. The standard InChI is InChI=1S/C8H13NO3/c1-3-4-5-7(10)9-6(2)8(11)12/h2-5H2,1H3,(H,9,10)(H,11,12). The van der Waals surface area contributed by atoms with Gasteiger partial charge in [0.1, 0.15) is 5.70 Å². The second-order valence-corrected chi connectivity index (χ2v) is 2.44. The number of hydrogen-bond acceptors (Lipinski definition) is 2. The van der Waals surface area contributed by atoms with Gasteiger partial charge in [-0.15, -0.1) is 0 Å². The summed E-state index contributed by atoms with van der Waals surface area (Å²) in [6, 6.07) is 0. The first-order valence-electron chi connectivity index (χ1n) is 3.80. The highest BCUT2D eigenvalue weighted by Crippen LogP contribution is 1.94. The van der Waals surface area contributed by atoms with Gasteiger partial charge in [0.15, 0.2) is 0 Å². The van der Waals surface area contributed by atoms with Crippen LogP contribution < -0.4 is 5.32 Å². The molecule has 1 amide bonds. The number of amides is 1. The summed E-state index contributed by atoms with van der Waals surface area (Å²) in [5.41, 5.74) is -0.267. The van der Waals surface area contributed by atoms with E-state index in [2.05, 4.69) is 11.9 Å². The molecule has 0 aromatic carbocycles. The molecule has 0 saturated carbocycles. The minimum Gasteiger partial charge on any atom is -0.477 e. The monoisotopic (exact) mass is 171 g/mol. The van der Waals surface area contributed by atoms with Crippen molar-refractivity contribution in [1.29, 1.82) is 0 Å². The summed E-state index contributed by atoms with van der Waals surface area (Å²) >= 11 is 0. The van der Waals surface area contributed by atoms with Gasteiger partial charge in [-0.25, -0.2) is 4.79 Å². The van der Waals surface area contributed by atoms with Gasteiger partial charge in [-0.05, 0) is 6.42 Å². The molecule has 0 bridgehead atoms. The van der Waals surface area contributed by atoms with E-state index in [0.29, 0.717) is 6.42 Å². The normalized spacial score (nSPS) is 9.08. The van der Waals surface area contributed by atoms with Crippen molar-refractivity contribution in [1.82, 2.24) is 5.32 Å². The highest BCUT2D eigenvalue weighted by atomic mass is 16.4. The molecule has 0 aliphatic rings. The first-order chi connectivity index (χ1) is 5.57. The Morgan fingerprint density at radius 3 is 2.50 bits per heavy atom. The maximum atomic E-state index is 10.9. The number of hydrogen-bond donors (Lipinski definition) is 2. The smallest absolute Gasteiger partial charge is 0.351 e. The number of carbonyl (C=O) groups excluding carboxylic acids is 1. The third-order valence-electron chi connectivity index (χ3n) is 1.31. The van der Waals surface area contributed by atoms with Gasteiger partial charge in [0, 0.05) is 6.42 Å². The molecule has 0 aromatic rings. The van der Waals surface area contributed by atoms with Gasteiger partial charge in [-0.3, -0.25) is 4.79 Å². The van der Waals surface area contributed by atoms with E-state index in [9.17, 15) is 9.59 Å². The third kappa shape index (κ3) is 4.49. The van der Waals surface area contributed by atoms with Gasteiger partial charge < -0.3 is 10.4 Å². The summed E-state index contributed by atoms with van der Waals surface area (Å²) in [6.07, 6.45) is 2.02. The predicted molar refractivity (Wildman–Crippen MR) is 44.4 cm³/mol. The Kier molecular flexibility index (Phi) is 4.76. The molecule has 68 valence electrons. The Hall–Kier alpha value is -1.32. The molecule has 4 nitrogen and oxygen atoms in total. The fourth-order valence-electron chi connectivity index (χ4n) is 0.622. The first kappa shape index (κ1) is 10.7. The maximum absolute atomic E-state index is 10.9. The van der Waals surface area contributed by atoms with Crippen molar-refractivity contribution in [3.63, 3.8) is 0 Å². The van der Waals surface area contributed by atoms with E-state index in [1.165, 1.54) is 0 Å². The topological polar surface area (TPSA) is 66.4 Å². The van der Waals surface area contributed by atoms with Crippen LogP contribution in [0.3, 0.4) is 0 Å². The molecular formula is C8H13NO3.